The SMILES string of the molecule is CCCCCC=CCC=CCC=CCC=CCCCC(=O)OC(CO)COC(=O)CCCCCCCC=CCCCCCCCC. The number of carbonyl (C=O) groups excluding carboxylic acids is 2. The number of hydrogen-bond acceptors (Lipinski definition) is 5. The number of esters is 2. The number of aliphatic hydroxyl groups excluding tert-OH is 1. The van der Waals surface area contributed by atoms with E-state index in [0.29, 0.717) is 12.8 Å². The van der Waals surface area contributed by atoms with Gasteiger partial charge in [-0.25, -0.2) is 0 Å². The first-order chi connectivity index (χ1) is 22.6. The van der Waals surface area contributed by atoms with Gasteiger partial charge in [-0.05, 0) is 77.0 Å². The number of ether oxygens (including phenoxy) is 2. The molecule has 0 aromatic carbocycles. The van der Waals surface area contributed by atoms with E-state index in [-0.39, 0.29) is 31.6 Å². The van der Waals surface area contributed by atoms with Gasteiger partial charge < -0.3 is 14.6 Å². The average Bonchev–Trinajstić information content (AvgIpc) is 3.06. The van der Waals surface area contributed by atoms with Gasteiger partial charge in [0.05, 0.1) is 6.61 Å². The van der Waals surface area contributed by atoms with Gasteiger partial charge in [-0.3, -0.25) is 9.59 Å². The maximum Gasteiger partial charge on any atom is 0.306 e. The molecule has 0 aliphatic rings. The number of carbonyl (C=O) groups is 2. The Morgan fingerprint density at radius 2 is 0.891 bits per heavy atom. The molecule has 0 amide bonds. The lowest BCUT2D eigenvalue weighted by Gasteiger charge is -2.15. The molecule has 0 spiro atoms. The summed E-state index contributed by atoms with van der Waals surface area (Å²) < 4.78 is 10.5. The highest BCUT2D eigenvalue weighted by Gasteiger charge is 2.15. The predicted octanol–water partition coefficient (Wildman–Crippen LogP) is 11.6. The molecule has 1 N–H and O–H groups in total. The molecule has 0 saturated heterocycles. The van der Waals surface area contributed by atoms with Gasteiger partial charge in [-0.15, -0.1) is 0 Å². The molecule has 0 fully saturated rings. The molecule has 0 bridgehead atoms. The average molecular weight is 643 g/mol. The molecule has 0 heterocycles. The van der Waals surface area contributed by atoms with Crippen LogP contribution in [0.3, 0.4) is 0 Å². The zero-order chi connectivity index (χ0) is 33.6. The molecule has 0 aromatic rings. The van der Waals surface area contributed by atoms with E-state index in [1.807, 2.05) is 0 Å². The van der Waals surface area contributed by atoms with Gasteiger partial charge in [-0.2, -0.15) is 0 Å². The maximum atomic E-state index is 12.1. The van der Waals surface area contributed by atoms with Crippen LogP contribution in [0.15, 0.2) is 60.8 Å². The number of allylic oxidation sites excluding steroid dienone is 10. The number of unbranched alkanes of at least 4 members (excludes halogenated alkanes) is 15. The third-order valence-corrected chi connectivity index (χ3v) is 7.78. The number of aliphatic hydroxyl groups is 1. The van der Waals surface area contributed by atoms with E-state index in [1.54, 1.807) is 0 Å². The van der Waals surface area contributed by atoms with Crippen molar-refractivity contribution in [3.63, 3.8) is 0 Å². The third kappa shape index (κ3) is 34.5. The molecule has 0 aliphatic carbocycles. The second-order valence-corrected chi connectivity index (χ2v) is 12.3. The van der Waals surface area contributed by atoms with Crippen LogP contribution in [0, 0.1) is 0 Å². The summed E-state index contributed by atoms with van der Waals surface area (Å²) in [5.74, 6) is -0.670. The zero-order valence-corrected chi connectivity index (χ0v) is 29.8. The highest BCUT2D eigenvalue weighted by Crippen LogP contribution is 2.11. The summed E-state index contributed by atoms with van der Waals surface area (Å²) in [5, 5.41) is 9.53. The summed E-state index contributed by atoms with van der Waals surface area (Å²) in [6, 6.07) is 0. The van der Waals surface area contributed by atoms with Gasteiger partial charge in [-0.1, -0.05) is 139 Å². The first-order valence-corrected chi connectivity index (χ1v) is 18.8. The molecular weight excluding hydrogens is 572 g/mol. The van der Waals surface area contributed by atoms with Crippen molar-refractivity contribution in [2.24, 2.45) is 0 Å². The van der Waals surface area contributed by atoms with Crippen molar-refractivity contribution in [3.8, 4) is 0 Å². The van der Waals surface area contributed by atoms with Crippen LogP contribution in [0.2, 0.25) is 0 Å². The van der Waals surface area contributed by atoms with E-state index >= 15 is 0 Å². The van der Waals surface area contributed by atoms with E-state index in [9.17, 15) is 14.7 Å². The molecule has 5 heteroatoms. The molecule has 0 radical (unpaired) electrons. The van der Waals surface area contributed by atoms with Gasteiger partial charge in [0.2, 0.25) is 0 Å². The zero-order valence-electron chi connectivity index (χ0n) is 29.8. The van der Waals surface area contributed by atoms with E-state index in [2.05, 4.69) is 74.6 Å². The molecule has 264 valence electrons. The minimum absolute atomic E-state index is 0.0939. The third-order valence-electron chi connectivity index (χ3n) is 7.78. The van der Waals surface area contributed by atoms with E-state index in [1.165, 1.54) is 83.5 Å². The molecule has 1 atom stereocenters. The highest BCUT2D eigenvalue weighted by molar-refractivity contribution is 5.70. The van der Waals surface area contributed by atoms with Crippen LogP contribution in [0.25, 0.3) is 0 Å². The standard InChI is InChI=1S/C41H70O5/c1-3-5-7-9-11-13-15-17-19-20-22-24-26-28-30-32-34-36-41(44)46-39(37-42)38-45-40(43)35-33-31-29-27-25-23-21-18-16-14-12-10-8-6-4-2/h11,13,17-19,21-22,24,28,30,39,42H,3-10,12,14-16,20,23,25-27,29,31-38H2,1-2H3. The Kier molecular flexibility index (Phi) is 35.1. The van der Waals surface area contributed by atoms with Crippen LogP contribution < -0.4 is 0 Å². The van der Waals surface area contributed by atoms with Crippen LogP contribution in [0.5, 0.6) is 0 Å². The minimum atomic E-state index is -0.804. The van der Waals surface area contributed by atoms with Gasteiger partial charge in [0, 0.05) is 12.8 Å². The van der Waals surface area contributed by atoms with Gasteiger partial charge in [0.1, 0.15) is 6.61 Å². The minimum Gasteiger partial charge on any atom is -0.462 e. The molecule has 0 aliphatic heterocycles. The Balaban J connectivity index is 3.70. The predicted molar refractivity (Wildman–Crippen MR) is 196 cm³/mol. The molecule has 0 aromatic heterocycles. The summed E-state index contributed by atoms with van der Waals surface area (Å²) in [6.45, 7) is 4.04. The number of hydrogen-bond donors (Lipinski definition) is 1. The lowest BCUT2D eigenvalue weighted by atomic mass is 10.1. The Morgan fingerprint density at radius 1 is 0.500 bits per heavy atom. The van der Waals surface area contributed by atoms with Crippen molar-refractivity contribution < 1.29 is 24.2 Å². The normalized spacial score (nSPS) is 12.8. The summed E-state index contributed by atoms with van der Waals surface area (Å²) >= 11 is 0. The van der Waals surface area contributed by atoms with E-state index in [0.717, 1.165) is 51.4 Å². The van der Waals surface area contributed by atoms with E-state index < -0.39 is 6.10 Å². The van der Waals surface area contributed by atoms with Crippen molar-refractivity contribution in [3.05, 3.63) is 60.8 Å². The fourth-order valence-corrected chi connectivity index (χ4v) is 4.89. The highest BCUT2D eigenvalue weighted by atomic mass is 16.6. The molecule has 0 saturated carbocycles. The molecule has 0 rings (SSSR count). The maximum absolute atomic E-state index is 12.1. The molecule has 46 heavy (non-hydrogen) atoms. The topological polar surface area (TPSA) is 72.8 Å². The Bertz CT molecular complexity index is 823. The monoisotopic (exact) mass is 643 g/mol. The fourth-order valence-electron chi connectivity index (χ4n) is 4.89. The lowest BCUT2D eigenvalue weighted by Crippen LogP contribution is -2.28. The van der Waals surface area contributed by atoms with Crippen LogP contribution in [0.1, 0.15) is 168 Å². The van der Waals surface area contributed by atoms with Crippen molar-refractivity contribution in [1.29, 1.82) is 0 Å². The molecular formula is C41H70O5. The first-order valence-electron chi connectivity index (χ1n) is 18.8. The second kappa shape index (κ2) is 37.1. The van der Waals surface area contributed by atoms with Crippen LogP contribution in [0.4, 0.5) is 0 Å². The van der Waals surface area contributed by atoms with Crippen molar-refractivity contribution in [1.82, 2.24) is 0 Å². The Morgan fingerprint density at radius 3 is 1.43 bits per heavy atom. The lowest BCUT2D eigenvalue weighted by molar-refractivity contribution is -0.161. The summed E-state index contributed by atoms with van der Waals surface area (Å²) in [7, 11) is 0. The van der Waals surface area contributed by atoms with Crippen LogP contribution >= 0.6 is 0 Å². The summed E-state index contributed by atoms with van der Waals surface area (Å²) in [6.07, 6.45) is 47.1. The van der Waals surface area contributed by atoms with Crippen molar-refractivity contribution >= 4 is 11.9 Å². The van der Waals surface area contributed by atoms with Gasteiger partial charge >= 0.3 is 11.9 Å². The van der Waals surface area contributed by atoms with Crippen molar-refractivity contribution in [2.45, 2.75) is 174 Å². The summed E-state index contributed by atoms with van der Waals surface area (Å²) in [5.41, 5.74) is 0. The Labute approximate surface area is 283 Å². The van der Waals surface area contributed by atoms with Crippen LogP contribution in [-0.4, -0.2) is 36.4 Å². The van der Waals surface area contributed by atoms with E-state index in [4.69, 9.17) is 9.47 Å². The second-order valence-electron chi connectivity index (χ2n) is 12.3. The fraction of sp³-hybridized carbons (Fsp3) is 0.707. The van der Waals surface area contributed by atoms with Crippen molar-refractivity contribution in [2.75, 3.05) is 13.2 Å². The molecule has 1 unspecified atom stereocenters. The summed E-state index contributed by atoms with van der Waals surface area (Å²) in [4.78, 5) is 24.2. The Hall–Kier alpha value is -2.40. The number of rotatable bonds is 33. The quantitative estimate of drug-likeness (QED) is 0.0438. The van der Waals surface area contributed by atoms with Gasteiger partial charge in [0.15, 0.2) is 6.10 Å². The first kappa shape index (κ1) is 43.6. The van der Waals surface area contributed by atoms with Crippen LogP contribution in [-0.2, 0) is 19.1 Å². The smallest absolute Gasteiger partial charge is 0.306 e. The molecule has 5 nitrogen and oxygen atoms in total. The van der Waals surface area contributed by atoms with Gasteiger partial charge in [0.25, 0.3) is 0 Å². The largest absolute Gasteiger partial charge is 0.462 e.